The molecule has 1 unspecified atom stereocenters. The maximum absolute atomic E-state index is 12.4. The fourth-order valence-electron chi connectivity index (χ4n) is 2.67. The van der Waals surface area contributed by atoms with Crippen molar-refractivity contribution in [2.75, 3.05) is 43.6 Å². The van der Waals surface area contributed by atoms with Gasteiger partial charge in [-0.05, 0) is 36.1 Å². The predicted octanol–water partition coefficient (Wildman–Crippen LogP) is 1.25. The van der Waals surface area contributed by atoms with E-state index in [1.165, 1.54) is 0 Å². The van der Waals surface area contributed by atoms with Crippen molar-refractivity contribution < 1.29 is 14.3 Å². The number of nitrogens with two attached hydrogens (primary N) is 1. The van der Waals surface area contributed by atoms with Gasteiger partial charge in [-0.1, -0.05) is 12.1 Å². The first-order chi connectivity index (χ1) is 12.1. The number of morpholine rings is 1. The van der Waals surface area contributed by atoms with E-state index in [9.17, 15) is 9.59 Å². The number of benzene rings is 1. The lowest BCUT2D eigenvalue weighted by Gasteiger charge is -2.26. The van der Waals surface area contributed by atoms with E-state index in [0.717, 1.165) is 49.9 Å². The van der Waals surface area contributed by atoms with Crippen molar-refractivity contribution in [1.82, 2.24) is 10.2 Å². The van der Waals surface area contributed by atoms with Crippen LogP contribution in [0.3, 0.4) is 0 Å². The first-order valence-corrected chi connectivity index (χ1v) is 9.72. The Morgan fingerprint density at radius 2 is 2.12 bits per heavy atom. The molecule has 138 valence electrons. The minimum absolute atomic E-state index is 0.253. The topological polar surface area (TPSA) is 96.7 Å². The molecule has 0 spiro atoms. The van der Waals surface area contributed by atoms with Crippen molar-refractivity contribution in [2.24, 2.45) is 5.73 Å². The van der Waals surface area contributed by atoms with Crippen LogP contribution in [0, 0.1) is 0 Å². The molecular weight excluding hydrogens is 340 g/mol. The van der Waals surface area contributed by atoms with E-state index in [1.807, 2.05) is 30.5 Å². The molecule has 1 saturated heterocycles. The lowest BCUT2D eigenvalue weighted by molar-refractivity contribution is -0.117. The zero-order valence-corrected chi connectivity index (χ0v) is 15.3. The zero-order chi connectivity index (χ0) is 18.1. The van der Waals surface area contributed by atoms with Crippen LogP contribution < -0.4 is 16.4 Å². The third kappa shape index (κ3) is 6.93. The summed E-state index contributed by atoms with van der Waals surface area (Å²) < 4.78 is 5.36. The van der Waals surface area contributed by atoms with Crippen LogP contribution in [-0.2, 0) is 16.1 Å². The molecule has 0 aliphatic carbocycles. The van der Waals surface area contributed by atoms with Gasteiger partial charge in [0.05, 0.1) is 13.2 Å². The van der Waals surface area contributed by atoms with Gasteiger partial charge in [-0.25, -0.2) is 4.79 Å². The third-order valence-corrected chi connectivity index (χ3v) is 4.59. The van der Waals surface area contributed by atoms with E-state index < -0.39 is 12.1 Å². The van der Waals surface area contributed by atoms with Gasteiger partial charge in [0, 0.05) is 25.3 Å². The van der Waals surface area contributed by atoms with Gasteiger partial charge in [0.15, 0.2) is 0 Å². The average molecular weight is 366 g/mol. The lowest BCUT2D eigenvalue weighted by atomic mass is 10.1. The summed E-state index contributed by atoms with van der Waals surface area (Å²) in [5, 5.41) is 5.38. The zero-order valence-electron chi connectivity index (χ0n) is 14.5. The molecule has 25 heavy (non-hydrogen) atoms. The van der Waals surface area contributed by atoms with Gasteiger partial charge in [-0.2, -0.15) is 11.8 Å². The number of amides is 3. The average Bonchev–Trinajstić information content (AvgIpc) is 2.59. The van der Waals surface area contributed by atoms with Crippen LogP contribution in [-0.4, -0.2) is 61.2 Å². The molecule has 1 fully saturated rings. The number of nitrogens with zero attached hydrogens (tertiary/aromatic N) is 1. The molecule has 1 heterocycles. The van der Waals surface area contributed by atoms with Gasteiger partial charge in [-0.3, -0.25) is 9.69 Å². The van der Waals surface area contributed by atoms with Gasteiger partial charge in [0.25, 0.3) is 0 Å². The number of rotatable bonds is 8. The monoisotopic (exact) mass is 366 g/mol. The summed E-state index contributed by atoms with van der Waals surface area (Å²) >= 11 is 1.61. The molecule has 1 aromatic carbocycles. The maximum Gasteiger partial charge on any atom is 0.312 e. The van der Waals surface area contributed by atoms with E-state index in [0.29, 0.717) is 6.42 Å². The summed E-state index contributed by atoms with van der Waals surface area (Å²) in [6, 6.07) is 6.44. The minimum Gasteiger partial charge on any atom is -0.379 e. The number of ether oxygens (including phenoxy) is 1. The van der Waals surface area contributed by atoms with E-state index in [2.05, 4.69) is 15.5 Å². The Morgan fingerprint density at radius 1 is 1.36 bits per heavy atom. The normalized spacial score (nSPS) is 16.2. The number of thioether (sulfide) groups is 1. The largest absolute Gasteiger partial charge is 0.379 e. The van der Waals surface area contributed by atoms with Crippen LogP contribution in [0.25, 0.3) is 0 Å². The highest BCUT2D eigenvalue weighted by Gasteiger charge is 2.19. The maximum atomic E-state index is 12.4. The smallest absolute Gasteiger partial charge is 0.312 e. The second-order valence-electron chi connectivity index (χ2n) is 5.92. The first kappa shape index (κ1) is 19.6. The summed E-state index contributed by atoms with van der Waals surface area (Å²) in [5.74, 6) is 0.506. The number of nitrogens with one attached hydrogen (secondary N) is 2. The quantitative estimate of drug-likeness (QED) is 0.643. The van der Waals surface area contributed by atoms with Crippen LogP contribution in [0.1, 0.15) is 12.0 Å². The van der Waals surface area contributed by atoms with E-state index >= 15 is 0 Å². The van der Waals surface area contributed by atoms with Gasteiger partial charge in [0.1, 0.15) is 6.04 Å². The number of hydrogen-bond donors (Lipinski definition) is 3. The van der Waals surface area contributed by atoms with Crippen molar-refractivity contribution in [3.05, 3.63) is 29.8 Å². The lowest BCUT2D eigenvalue weighted by Crippen LogP contribution is -2.46. The molecule has 0 bridgehead atoms. The molecule has 1 aliphatic heterocycles. The Morgan fingerprint density at radius 3 is 2.80 bits per heavy atom. The van der Waals surface area contributed by atoms with Crippen molar-refractivity contribution in [3.8, 4) is 0 Å². The Labute approximate surface area is 152 Å². The SMILES string of the molecule is CSCCC(NC(N)=O)C(=O)Nc1cccc(CN2CCOCC2)c1. The van der Waals surface area contributed by atoms with Crippen LogP contribution in [0.15, 0.2) is 24.3 Å². The second kappa shape index (κ2) is 10.3. The standard InChI is InChI=1S/C17H26N4O3S/c1-25-10-5-15(20-17(18)23)16(22)19-14-4-2-3-13(11-14)12-21-6-8-24-9-7-21/h2-4,11,15H,5-10,12H2,1H3,(H,19,22)(H3,18,20,23). The number of carbonyl (C=O) groups is 2. The first-order valence-electron chi connectivity index (χ1n) is 8.33. The third-order valence-electron chi connectivity index (χ3n) is 3.95. The number of anilines is 1. The number of urea groups is 1. The Hall–Kier alpha value is -1.77. The highest BCUT2D eigenvalue weighted by molar-refractivity contribution is 7.98. The van der Waals surface area contributed by atoms with Crippen LogP contribution >= 0.6 is 11.8 Å². The summed E-state index contributed by atoms with van der Waals surface area (Å²) in [5.41, 5.74) is 7.02. The fraction of sp³-hybridized carbons (Fsp3) is 0.529. The Balaban J connectivity index is 1.96. The van der Waals surface area contributed by atoms with Gasteiger partial charge >= 0.3 is 6.03 Å². The molecule has 7 nitrogen and oxygen atoms in total. The van der Waals surface area contributed by atoms with Crippen molar-refractivity contribution in [1.29, 1.82) is 0 Å². The highest BCUT2D eigenvalue weighted by atomic mass is 32.2. The van der Waals surface area contributed by atoms with Gasteiger partial charge in [-0.15, -0.1) is 0 Å². The van der Waals surface area contributed by atoms with Crippen LogP contribution in [0.2, 0.25) is 0 Å². The molecule has 0 saturated carbocycles. The van der Waals surface area contributed by atoms with Crippen LogP contribution in [0.5, 0.6) is 0 Å². The van der Waals surface area contributed by atoms with Gasteiger partial charge in [0.2, 0.25) is 5.91 Å². The predicted molar refractivity (Wildman–Crippen MR) is 101 cm³/mol. The van der Waals surface area contributed by atoms with Crippen molar-refractivity contribution in [3.63, 3.8) is 0 Å². The van der Waals surface area contributed by atoms with Crippen molar-refractivity contribution in [2.45, 2.75) is 19.0 Å². The Bertz CT molecular complexity index is 579. The van der Waals surface area contributed by atoms with E-state index in [1.54, 1.807) is 11.8 Å². The molecule has 1 atom stereocenters. The van der Waals surface area contributed by atoms with E-state index in [4.69, 9.17) is 10.5 Å². The van der Waals surface area contributed by atoms with Crippen molar-refractivity contribution >= 4 is 29.4 Å². The molecular formula is C17H26N4O3S. The fourth-order valence-corrected chi connectivity index (χ4v) is 3.14. The Kier molecular flexibility index (Phi) is 8.03. The minimum atomic E-state index is -0.692. The molecule has 3 amide bonds. The molecule has 8 heteroatoms. The molecule has 0 aromatic heterocycles. The molecule has 4 N–H and O–H groups in total. The van der Waals surface area contributed by atoms with E-state index in [-0.39, 0.29) is 5.91 Å². The molecule has 0 radical (unpaired) electrons. The summed E-state index contributed by atoms with van der Waals surface area (Å²) in [6.07, 6.45) is 2.48. The summed E-state index contributed by atoms with van der Waals surface area (Å²) in [4.78, 5) is 25.9. The summed E-state index contributed by atoms with van der Waals surface area (Å²) in [7, 11) is 0. The summed E-state index contributed by atoms with van der Waals surface area (Å²) in [6.45, 7) is 4.16. The van der Waals surface area contributed by atoms with Gasteiger partial charge < -0.3 is 21.1 Å². The number of carbonyl (C=O) groups excluding carboxylic acids is 2. The highest BCUT2D eigenvalue weighted by Crippen LogP contribution is 2.14. The number of primary amides is 1. The van der Waals surface area contributed by atoms with Crippen LogP contribution in [0.4, 0.5) is 10.5 Å². The molecule has 2 rings (SSSR count). The molecule has 1 aliphatic rings. The second-order valence-corrected chi connectivity index (χ2v) is 6.91. The molecule has 1 aromatic rings. The number of hydrogen-bond acceptors (Lipinski definition) is 5.